The van der Waals surface area contributed by atoms with Crippen LogP contribution in [0.2, 0.25) is 0 Å². The standard InChI is InChI=1S/C27H33N7O/c1-16-8-7-9-17(2)23(16)30-24-21-15-28-26(31-25(21)33(6)32-24)29-20-11-10-19-12-13-34(18(3)35)27(4,5)22(19)14-20/h7-10,14-15,20H,11-13H2,1-6H3,(H,30,32)(H,28,29,31). The molecule has 8 nitrogen and oxygen atoms in total. The molecule has 3 aromatic rings. The molecule has 1 aliphatic carbocycles. The van der Waals surface area contributed by atoms with E-state index in [1.165, 1.54) is 11.1 Å². The van der Waals surface area contributed by atoms with Crippen molar-refractivity contribution in [3.8, 4) is 0 Å². The molecular weight excluding hydrogens is 438 g/mol. The number of hydrogen-bond donors (Lipinski definition) is 2. The lowest BCUT2D eigenvalue weighted by molar-refractivity contribution is -0.133. The monoisotopic (exact) mass is 471 g/mol. The molecule has 0 saturated carbocycles. The molecule has 0 radical (unpaired) electrons. The topological polar surface area (TPSA) is 88.0 Å². The molecule has 0 spiro atoms. The van der Waals surface area contributed by atoms with Gasteiger partial charge in [0.2, 0.25) is 11.9 Å². The molecule has 1 aromatic carbocycles. The molecule has 182 valence electrons. The largest absolute Gasteiger partial charge is 0.348 e. The molecule has 3 heterocycles. The Hall–Kier alpha value is -3.68. The molecule has 1 unspecified atom stereocenters. The average Bonchev–Trinajstić information content (AvgIpc) is 3.11. The Morgan fingerprint density at radius 3 is 2.66 bits per heavy atom. The third kappa shape index (κ3) is 4.07. The number of carbonyl (C=O) groups excluding carboxylic acids is 1. The van der Waals surface area contributed by atoms with Gasteiger partial charge in [-0.15, -0.1) is 0 Å². The minimum Gasteiger partial charge on any atom is -0.348 e. The average molecular weight is 472 g/mol. The lowest BCUT2D eigenvalue weighted by Crippen LogP contribution is -2.52. The van der Waals surface area contributed by atoms with Gasteiger partial charge < -0.3 is 15.5 Å². The fourth-order valence-corrected chi connectivity index (χ4v) is 5.39. The van der Waals surface area contributed by atoms with Gasteiger partial charge in [-0.25, -0.2) is 9.67 Å². The number of anilines is 3. The molecule has 2 aliphatic rings. The highest BCUT2D eigenvalue weighted by Gasteiger charge is 2.39. The first-order valence-corrected chi connectivity index (χ1v) is 12.1. The predicted molar refractivity (Wildman–Crippen MR) is 140 cm³/mol. The van der Waals surface area contributed by atoms with E-state index in [4.69, 9.17) is 4.98 Å². The SMILES string of the molecule is CC(=O)N1CCC2=CCC(Nc3ncc4c(Nc5c(C)cccc5C)nn(C)c4n3)C=C2C1(C)C. The number of nitrogens with zero attached hydrogens (tertiary/aromatic N) is 5. The molecule has 0 bridgehead atoms. The summed E-state index contributed by atoms with van der Waals surface area (Å²) in [5.41, 5.74) is 6.36. The lowest BCUT2D eigenvalue weighted by atomic mass is 9.77. The number of nitrogens with one attached hydrogen (secondary N) is 2. The molecule has 8 heteroatoms. The number of carbonyl (C=O) groups is 1. The minimum atomic E-state index is -0.336. The summed E-state index contributed by atoms with van der Waals surface area (Å²) < 4.78 is 1.78. The third-order valence-electron chi connectivity index (χ3n) is 7.27. The van der Waals surface area contributed by atoms with Crippen molar-refractivity contribution < 1.29 is 4.79 Å². The van der Waals surface area contributed by atoms with Gasteiger partial charge in [0.05, 0.1) is 17.0 Å². The van der Waals surface area contributed by atoms with Crippen LogP contribution in [0.4, 0.5) is 17.5 Å². The molecular formula is C27H33N7O. The number of aromatic nitrogens is 4. The zero-order valence-electron chi connectivity index (χ0n) is 21.3. The van der Waals surface area contributed by atoms with Gasteiger partial charge in [0.1, 0.15) is 0 Å². The van der Waals surface area contributed by atoms with Gasteiger partial charge in [0.25, 0.3) is 0 Å². The summed E-state index contributed by atoms with van der Waals surface area (Å²) in [5.74, 6) is 1.42. The minimum absolute atomic E-state index is 0.0535. The number of amides is 1. The van der Waals surface area contributed by atoms with Crippen molar-refractivity contribution in [2.75, 3.05) is 17.2 Å². The van der Waals surface area contributed by atoms with E-state index in [9.17, 15) is 4.79 Å². The summed E-state index contributed by atoms with van der Waals surface area (Å²) in [7, 11) is 1.90. The molecule has 1 aliphatic heterocycles. The lowest BCUT2D eigenvalue weighted by Gasteiger charge is -2.46. The predicted octanol–water partition coefficient (Wildman–Crippen LogP) is 4.79. The number of hydrogen-bond acceptors (Lipinski definition) is 6. The summed E-state index contributed by atoms with van der Waals surface area (Å²) in [4.78, 5) is 23.6. The Balaban J connectivity index is 1.40. The quantitative estimate of drug-likeness (QED) is 0.569. The van der Waals surface area contributed by atoms with Gasteiger partial charge >= 0.3 is 0 Å². The van der Waals surface area contributed by atoms with Gasteiger partial charge in [0, 0.05) is 32.4 Å². The van der Waals surface area contributed by atoms with Gasteiger partial charge in [-0.05, 0) is 62.8 Å². The second-order valence-electron chi connectivity index (χ2n) is 10.1. The second-order valence-corrected chi connectivity index (χ2v) is 10.1. The van der Waals surface area contributed by atoms with Gasteiger partial charge in [0.15, 0.2) is 11.5 Å². The summed E-state index contributed by atoms with van der Waals surface area (Å²) in [5, 5.41) is 12.5. The third-order valence-corrected chi connectivity index (χ3v) is 7.27. The molecule has 35 heavy (non-hydrogen) atoms. The Morgan fingerprint density at radius 1 is 1.20 bits per heavy atom. The van der Waals surface area contributed by atoms with Crippen LogP contribution in [0.1, 0.15) is 44.7 Å². The Bertz CT molecular complexity index is 1360. The Kier molecular flexibility index (Phi) is 5.62. The van der Waals surface area contributed by atoms with Gasteiger partial charge in [-0.2, -0.15) is 10.1 Å². The zero-order chi connectivity index (χ0) is 24.9. The molecule has 5 rings (SSSR count). The van der Waals surface area contributed by atoms with Gasteiger partial charge in [-0.1, -0.05) is 30.4 Å². The normalized spacial score (nSPS) is 19.1. The van der Waals surface area contributed by atoms with Gasteiger partial charge in [-0.3, -0.25) is 4.79 Å². The van der Waals surface area contributed by atoms with E-state index in [0.717, 1.165) is 53.1 Å². The second kappa shape index (κ2) is 8.52. The highest BCUT2D eigenvalue weighted by molar-refractivity contribution is 5.90. The fourth-order valence-electron chi connectivity index (χ4n) is 5.39. The van der Waals surface area contributed by atoms with Crippen molar-refractivity contribution >= 4 is 34.4 Å². The molecule has 2 aromatic heterocycles. The van der Waals surface area contributed by atoms with E-state index in [0.29, 0.717) is 5.95 Å². The Labute approximate surface area is 206 Å². The smallest absolute Gasteiger partial charge is 0.225 e. The first-order valence-electron chi connectivity index (χ1n) is 12.1. The van der Waals surface area contributed by atoms with Crippen molar-refractivity contribution in [1.82, 2.24) is 24.6 Å². The van der Waals surface area contributed by atoms with E-state index in [1.54, 1.807) is 11.6 Å². The molecule has 2 N–H and O–H groups in total. The maximum absolute atomic E-state index is 12.2. The number of fused-ring (bicyclic) bond motifs is 2. The van der Waals surface area contributed by atoms with Crippen molar-refractivity contribution in [2.45, 2.75) is 59.0 Å². The van der Waals surface area contributed by atoms with Crippen LogP contribution in [0.25, 0.3) is 11.0 Å². The highest BCUT2D eigenvalue weighted by atomic mass is 16.2. The molecule has 1 saturated heterocycles. The highest BCUT2D eigenvalue weighted by Crippen LogP contribution is 2.39. The van der Waals surface area contributed by atoms with Crippen LogP contribution in [-0.4, -0.2) is 48.7 Å². The van der Waals surface area contributed by atoms with Crippen LogP contribution in [0.3, 0.4) is 0 Å². The number of para-hydroxylation sites is 1. The maximum atomic E-state index is 12.2. The van der Waals surface area contributed by atoms with Crippen molar-refractivity contribution in [3.05, 3.63) is 58.8 Å². The number of aryl methyl sites for hydroxylation is 3. The van der Waals surface area contributed by atoms with Crippen molar-refractivity contribution in [3.63, 3.8) is 0 Å². The van der Waals surface area contributed by atoms with E-state index >= 15 is 0 Å². The summed E-state index contributed by atoms with van der Waals surface area (Å²) >= 11 is 0. The van der Waals surface area contributed by atoms with E-state index < -0.39 is 0 Å². The number of piperidine rings is 1. The Morgan fingerprint density at radius 2 is 1.94 bits per heavy atom. The molecule has 1 atom stereocenters. The van der Waals surface area contributed by atoms with Crippen molar-refractivity contribution in [2.24, 2.45) is 7.05 Å². The maximum Gasteiger partial charge on any atom is 0.225 e. The van der Waals surface area contributed by atoms with Crippen LogP contribution in [-0.2, 0) is 11.8 Å². The zero-order valence-corrected chi connectivity index (χ0v) is 21.3. The van der Waals surface area contributed by atoms with E-state index in [2.05, 4.69) is 78.8 Å². The summed E-state index contributed by atoms with van der Waals surface area (Å²) in [6, 6.07) is 6.28. The first kappa shape index (κ1) is 23.1. The number of benzene rings is 1. The molecule has 1 fully saturated rings. The first-order chi connectivity index (χ1) is 16.6. The molecule has 1 amide bonds. The van der Waals surface area contributed by atoms with Crippen LogP contribution in [0.15, 0.2) is 47.7 Å². The van der Waals surface area contributed by atoms with E-state index in [1.807, 2.05) is 18.1 Å². The number of rotatable bonds is 4. The van der Waals surface area contributed by atoms with Crippen LogP contribution in [0, 0.1) is 13.8 Å². The summed E-state index contributed by atoms with van der Waals surface area (Å²) in [6.45, 7) is 10.8. The van der Waals surface area contributed by atoms with Crippen LogP contribution < -0.4 is 10.6 Å². The van der Waals surface area contributed by atoms with Crippen LogP contribution in [0.5, 0.6) is 0 Å². The van der Waals surface area contributed by atoms with E-state index in [-0.39, 0.29) is 17.5 Å². The number of likely N-dealkylation sites (tertiary alicyclic amines) is 1. The van der Waals surface area contributed by atoms with Crippen LogP contribution >= 0.6 is 0 Å². The van der Waals surface area contributed by atoms with Crippen molar-refractivity contribution in [1.29, 1.82) is 0 Å². The summed E-state index contributed by atoms with van der Waals surface area (Å²) in [6.07, 6.45) is 8.12. The fraction of sp³-hybridized carbons (Fsp3) is 0.407.